The smallest absolute Gasteiger partial charge is 0.123 e. The van der Waals surface area contributed by atoms with E-state index in [0.29, 0.717) is 12.1 Å². The zero-order valence-electron chi connectivity index (χ0n) is 9.82. The third-order valence-electron chi connectivity index (χ3n) is 4.13. The van der Waals surface area contributed by atoms with E-state index >= 15 is 0 Å². The van der Waals surface area contributed by atoms with E-state index in [1.165, 1.54) is 18.6 Å². The Bertz CT molecular complexity index is 391. The second kappa shape index (κ2) is 4.07. The fraction of sp³-hybridized carbons (Fsp3) is 0.571. The number of hydrogen-bond acceptors (Lipinski definition) is 2. The van der Waals surface area contributed by atoms with Gasteiger partial charge in [-0.2, -0.15) is 0 Å². The van der Waals surface area contributed by atoms with Crippen molar-refractivity contribution in [1.82, 2.24) is 5.32 Å². The number of aliphatic hydroxyl groups is 1. The highest BCUT2D eigenvalue weighted by Crippen LogP contribution is 2.39. The summed E-state index contributed by atoms with van der Waals surface area (Å²) in [5.41, 5.74) is 0.0895. The maximum atomic E-state index is 12.9. The lowest BCUT2D eigenvalue weighted by Crippen LogP contribution is -2.54. The van der Waals surface area contributed by atoms with Gasteiger partial charge in [0.25, 0.3) is 0 Å². The van der Waals surface area contributed by atoms with Gasteiger partial charge < -0.3 is 10.4 Å². The van der Waals surface area contributed by atoms with Gasteiger partial charge in [0.15, 0.2) is 0 Å². The largest absolute Gasteiger partial charge is 0.385 e. The number of piperidine rings is 2. The molecule has 2 fully saturated rings. The van der Waals surface area contributed by atoms with E-state index in [-0.39, 0.29) is 5.82 Å². The molecular formula is C14H18FNO. The van der Waals surface area contributed by atoms with Crippen LogP contribution in [0.4, 0.5) is 4.39 Å². The molecular weight excluding hydrogens is 217 g/mol. The minimum absolute atomic E-state index is 0.244. The summed E-state index contributed by atoms with van der Waals surface area (Å²) in [6, 6.07) is 7.14. The van der Waals surface area contributed by atoms with Crippen LogP contribution in [0.5, 0.6) is 0 Å². The number of fused-ring (bicyclic) bond motifs is 2. The molecule has 2 nitrogen and oxygen atoms in total. The molecule has 0 saturated carbocycles. The van der Waals surface area contributed by atoms with Gasteiger partial charge in [0.2, 0.25) is 0 Å². The molecule has 1 aromatic rings. The molecule has 1 aromatic carbocycles. The maximum absolute atomic E-state index is 12.9. The van der Waals surface area contributed by atoms with Crippen molar-refractivity contribution < 1.29 is 9.50 Å². The molecule has 2 aliphatic heterocycles. The van der Waals surface area contributed by atoms with Crippen LogP contribution in [0.25, 0.3) is 0 Å². The van der Waals surface area contributed by atoms with Crippen LogP contribution in [0.2, 0.25) is 0 Å². The SMILES string of the molecule is OC1(c2ccc(F)cc2)CC2CCCC(C1)N2. The van der Waals surface area contributed by atoms with Gasteiger partial charge in [-0.1, -0.05) is 18.6 Å². The van der Waals surface area contributed by atoms with E-state index in [1.54, 1.807) is 12.1 Å². The van der Waals surface area contributed by atoms with Crippen molar-refractivity contribution in [3.8, 4) is 0 Å². The van der Waals surface area contributed by atoms with Crippen molar-refractivity contribution in [2.45, 2.75) is 49.8 Å². The first kappa shape index (κ1) is 11.2. The van der Waals surface area contributed by atoms with Gasteiger partial charge in [0.05, 0.1) is 5.60 Å². The van der Waals surface area contributed by atoms with Crippen molar-refractivity contribution in [3.63, 3.8) is 0 Å². The summed E-state index contributed by atoms with van der Waals surface area (Å²) < 4.78 is 12.9. The Hall–Kier alpha value is -0.930. The number of nitrogens with one attached hydrogen (secondary N) is 1. The highest BCUT2D eigenvalue weighted by atomic mass is 19.1. The minimum Gasteiger partial charge on any atom is -0.385 e. The van der Waals surface area contributed by atoms with Gasteiger partial charge in [-0.15, -0.1) is 0 Å². The third kappa shape index (κ3) is 2.09. The van der Waals surface area contributed by atoms with Crippen molar-refractivity contribution >= 4 is 0 Å². The summed E-state index contributed by atoms with van der Waals surface area (Å²) in [4.78, 5) is 0. The molecule has 0 aromatic heterocycles. The maximum Gasteiger partial charge on any atom is 0.123 e. The number of rotatable bonds is 1. The summed E-state index contributed by atoms with van der Waals surface area (Å²) >= 11 is 0. The van der Waals surface area contributed by atoms with E-state index in [4.69, 9.17) is 0 Å². The van der Waals surface area contributed by atoms with Crippen LogP contribution in [0.1, 0.15) is 37.7 Å². The Morgan fingerprint density at radius 3 is 2.29 bits per heavy atom. The van der Waals surface area contributed by atoms with E-state index in [9.17, 15) is 9.50 Å². The van der Waals surface area contributed by atoms with E-state index in [1.807, 2.05) is 0 Å². The Morgan fingerprint density at radius 1 is 1.12 bits per heavy atom. The molecule has 3 heteroatoms. The summed E-state index contributed by atoms with van der Waals surface area (Å²) in [7, 11) is 0. The molecule has 2 aliphatic rings. The molecule has 2 bridgehead atoms. The lowest BCUT2D eigenvalue weighted by atomic mass is 9.74. The quantitative estimate of drug-likeness (QED) is 0.783. The van der Waals surface area contributed by atoms with E-state index in [0.717, 1.165) is 31.2 Å². The topological polar surface area (TPSA) is 32.3 Å². The van der Waals surface area contributed by atoms with E-state index < -0.39 is 5.60 Å². The fourth-order valence-corrected chi connectivity index (χ4v) is 3.33. The average Bonchev–Trinajstić information content (AvgIpc) is 2.29. The molecule has 2 saturated heterocycles. The second-order valence-electron chi connectivity index (χ2n) is 5.44. The van der Waals surface area contributed by atoms with Crippen molar-refractivity contribution in [2.24, 2.45) is 0 Å². The number of halogens is 1. The van der Waals surface area contributed by atoms with Gasteiger partial charge in [0.1, 0.15) is 5.82 Å². The molecule has 2 unspecified atom stereocenters. The highest BCUT2D eigenvalue weighted by Gasteiger charge is 2.41. The molecule has 2 N–H and O–H groups in total. The predicted octanol–water partition coefficient (Wildman–Crippen LogP) is 2.32. The van der Waals surface area contributed by atoms with Gasteiger partial charge in [0, 0.05) is 12.1 Å². The zero-order valence-corrected chi connectivity index (χ0v) is 9.82. The molecule has 2 heterocycles. The lowest BCUT2D eigenvalue weighted by molar-refractivity contribution is -0.0359. The van der Waals surface area contributed by atoms with Gasteiger partial charge in [-0.05, 0) is 43.4 Å². The van der Waals surface area contributed by atoms with Crippen LogP contribution >= 0.6 is 0 Å². The first-order valence-corrected chi connectivity index (χ1v) is 6.40. The molecule has 2 atom stereocenters. The summed E-state index contributed by atoms with van der Waals surface area (Å²) in [5, 5.41) is 14.3. The molecule has 3 rings (SSSR count). The van der Waals surface area contributed by atoms with Gasteiger partial charge in [-0.25, -0.2) is 4.39 Å². The predicted molar refractivity (Wildman–Crippen MR) is 64.1 cm³/mol. The van der Waals surface area contributed by atoms with Gasteiger partial charge in [-0.3, -0.25) is 0 Å². The number of benzene rings is 1. The minimum atomic E-state index is -0.769. The summed E-state index contributed by atoms with van der Waals surface area (Å²) in [6.07, 6.45) is 5.02. The molecule has 0 amide bonds. The Balaban J connectivity index is 1.87. The van der Waals surface area contributed by atoms with Crippen molar-refractivity contribution in [1.29, 1.82) is 0 Å². The molecule has 0 aliphatic carbocycles. The first-order valence-electron chi connectivity index (χ1n) is 6.40. The fourth-order valence-electron chi connectivity index (χ4n) is 3.33. The van der Waals surface area contributed by atoms with Crippen molar-refractivity contribution in [3.05, 3.63) is 35.6 Å². The molecule has 17 heavy (non-hydrogen) atoms. The Morgan fingerprint density at radius 2 is 1.71 bits per heavy atom. The third-order valence-corrected chi connectivity index (χ3v) is 4.13. The normalized spacial score (nSPS) is 36.8. The highest BCUT2D eigenvalue weighted by molar-refractivity contribution is 5.25. The zero-order chi connectivity index (χ0) is 11.9. The van der Waals surface area contributed by atoms with Crippen LogP contribution in [0.15, 0.2) is 24.3 Å². The van der Waals surface area contributed by atoms with Crippen LogP contribution in [0.3, 0.4) is 0 Å². The van der Waals surface area contributed by atoms with E-state index in [2.05, 4.69) is 5.32 Å². The molecule has 0 spiro atoms. The Kier molecular flexibility index (Phi) is 2.68. The standard InChI is InChI=1S/C14H18FNO/c15-11-6-4-10(5-7-11)14(17)8-12-2-1-3-13(9-14)16-12/h4-7,12-13,16-17H,1-3,8-9H2. The Labute approximate surface area is 101 Å². The average molecular weight is 235 g/mol. The van der Waals surface area contributed by atoms with Crippen LogP contribution in [-0.4, -0.2) is 17.2 Å². The molecule has 0 radical (unpaired) electrons. The lowest BCUT2D eigenvalue weighted by Gasteiger charge is -2.45. The summed E-state index contributed by atoms with van der Waals surface area (Å²) in [6.45, 7) is 0. The first-order chi connectivity index (χ1) is 8.16. The van der Waals surface area contributed by atoms with Gasteiger partial charge >= 0.3 is 0 Å². The van der Waals surface area contributed by atoms with Crippen LogP contribution < -0.4 is 5.32 Å². The van der Waals surface area contributed by atoms with Crippen LogP contribution in [-0.2, 0) is 5.60 Å². The van der Waals surface area contributed by atoms with Crippen molar-refractivity contribution in [2.75, 3.05) is 0 Å². The molecule has 92 valence electrons. The van der Waals surface area contributed by atoms with Crippen LogP contribution in [0, 0.1) is 5.82 Å². The second-order valence-corrected chi connectivity index (χ2v) is 5.44. The number of hydrogen-bond donors (Lipinski definition) is 2. The summed E-state index contributed by atoms with van der Waals surface area (Å²) in [5.74, 6) is -0.244. The monoisotopic (exact) mass is 235 g/mol.